The Labute approximate surface area is 334 Å². The summed E-state index contributed by atoms with van der Waals surface area (Å²) in [6.07, 6.45) is 44.8. The Balaban J connectivity index is 4.36. The molecule has 0 aromatic heterocycles. The maximum atomic E-state index is 12.8. The minimum atomic E-state index is -4.59. The van der Waals surface area contributed by atoms with Crippen molar-refractivity contribution < 1.29 is 32.9 Å². The number of phosphoric acid groups is 1. The van der Waals surface area contributed by atoms with Crippen molar-refractivity contribution in [1.82, 2.24) is 5.32 Å². The van der Waals surface area contributed by atoms with E-state index in [0.717, 1.165) is 51.4 Å². The number of carbonyl (C=O) groups is 1. The fourth-order valence-corrected chi connectivity index (χ4v) is 6.95. The third-order valence-corrected chi connectivity index (χ3v) is 10.8. The molecule has 0 saturated heterocycles. The zero-order chi connectivity index (χ0) is 40.0. The number of amides is 1. The van der Waals surface area contributed by atoms with Gasteiger partial charge in [-0.2, -0.15) is 0 Å². The second kappa shape index (κ2) is 37.3. The molecule has 8 nitrogen and oxygen atoms in total. The lowest BCUT2D eigenvalue weighted by Crippen LogP contribution is -2.45. The standard InChI is InChI=1S/C45H87N2O6P/c1-6-8-10-12-14-16-18-20-21-22-23-24-25-26-27-29-31-33-35-37-39-45(49)46-43(42-53-54(50,51)52-41-40-47(3,4)5)44(48)38-36-34-32-30-28-19-17-15-13-11-9-7-2/h13,15,28,30,36,38,43-44,48H,6-12,14,16-27,29,31-35,37,39-42H2,1-5H3,(H-,46,49,50,51)/b15-13+,30-28+,38-36+. The first kappa shape index (κ1) is 52.7. The van der Waals surface area contributed by atoms with Gasteiger partial charge in [0.25, 0.3) is 7.82 Å². The maximum absolute atomic E-state index is 12.8. The predicted molar refractivity (Wildman–Crippen MR) is 228 cm³/mol. The number of quaternary nitrogens is 1. The van der Waals surface area contributed by atoms with Crippen LogP contribution in [0.1, 0.15) is 194 Å². The number of phosphoric ester groups is 1. The molecule has 0 aliphatic rings. The smallest absolute Gasteiger partial charge is 0.268 e. The van der Waals surface area contributed by atoms with Crippen molar-refractivity contribution in [2.24, 2.45) is 0 Å². The van der Waals surface area contributed by atoms with Gasteiger partial charge in [-0.3, -0.25) is 9.36 Å². The van der Waals surface area contributed by atoms with Gasteiger partial charge in [0.2, 0.25) is 5.91 Å². The first-order valence-corrected chi connectivity index (χ1v) is 23.8. The lowest BCUT2D eigenvalue weighted by Gasteiger charge is -2.29. The zero-order valence-corrected chi connectivity index (χ0v) is 36.8. The number of hydrogen-bond acceptors (Lipinski definition) is 6. The van der Waals surface area contributed by atoms with E-state index in [9.17, 15) is 19.4 Å². The molecule has 0 aliphatic heterocycles. The van der Waals surface area contributed by atoms with E-state index < -0.39 is 26.6 Å². The number of hydrogen-bond donors (Lipinski definition) is 2. The highest BCUT2D eigenvalue weighted by atomic mass is 31.2. The lowest BCUT2D eigenvalue weighted by molar-refractivity contribution is -0.870. The van der Waals surface area contributed by atoms with Crippen LogP contribution < -0.4 is 10.2 Å². The van der Waals surface area contributed by atoms with Gasteiger partial charge in [-0.05, 0) is 38.5 Å². The van der Waals surface area contributed by atoms with Crippen LogP contribution in [-0.4, -0.2) is 68.5 Å². The molecule has 3 atom stereocenters. The summed E-state index contributed by atoms with van der Waals surface area (Å²) in [4.78, 5) is 25.3. The van der Waals surface area contributed by atoms with E-state index in [1.165, 1.54) is 122 Å². The molecule has 0 fully saturated rings. The van der Waals surface area contributed by atoms with E-state index >= 15 is 0 Å². The molecule has 318 valence electrons. The number of carbonyl (C=O) groups excluding carboxylic acids is 1. The van der Waals surface area contributed by atoms with Crippen LogP contribution in [0.5, 0.6) is 0 Å². The first-order valence-electron chi connectivity index (χ1n) is 22.4. The molecule has 0 rings (SSSR count). The number of unbranched alkanes of at least 4 members (excludes halogenated alkanes) is 23. The van der Waals surface area contributed by atoms with Gasteiger partial charge in [-0.25, -0.2) is 0 Å². The van der Waals surface area contributed by atoms with Crippen LogP contribution in [0.3, 0.4) is 0 Å². The first-order chi connectivity index (χ1) is 26.0. The Hall–Kier alpha value is -1.28. The molecular formula is C45H87N2O6P. The van der Waals surface area contributed by atoms with Gasteiger partial charge in [0.15, 0.2) is 0 Å². The maximum Gasteiger partial charge on any atom is 0.268 e. The van der Waals surface area contributed by atoms with Gasteiger partial charge in [0, 0.05) is 6.42 Å². The average Bonchev–Trinajstić information content (AvgIpc) is 3.12. The number of nitrogens with one attached hydrogen (secondary N) is 1. The van der Waals surface area contributed by atoms with Gasteiger partial charge in [0.05, 0.1) is 39.9 Å². The summed E-state index contributed by atoms with van der Waals surface area (Å²) < 4.78 is 23.1. The molecular weight excluding hydrogens is 695 g/mol. The fourth-order valence-electron chi connectivity index (χ4n) is 6.23. The van der Waals surface area contributed by atoms with Crippen LogP contribution in [0.25, 0.3) is 0 Å². The monoisotopic (exact) mass is 783 g/mol. The number of aliphatic hydroxyl groups excluding tert-OH is 1. The van der Waals surface area contributed by atoms with Gasteiger partial charge < -0.3 is 28.8 Å². The molecule has 54 heavy (non-hydrogen) atoms. The molecule has 0 heterocycles. The third-order valence-electron chi connectivity index (χ3n) is 9.83. The second-order valence-corrected chi connectivity index (χ2v) is 17.8. The predicted octanol–water partition coefficient (Wildman–Crippen LogP) is 11.7. The van der Waals surface area contributed by atoms with Gasteiger partial charge in [0.1, 0.15) is 13.2 Å². The Morgan fingerprint density at radius 2 is 1.04 bits per heavy atom. The highest BCUT2D eigenvalue weighted by Gasteiger charge is 2.23. The van der Waals surface area contributed by atoms with E-state index in [4.69, 9.17) is 9.05 Å². The molecule has 9 heteroatoms. The summed E-state index contributed by atoms with van der Waals surface area (Å²) in [5.74, 6) is -0.211. The van der Waals surface area contributed by atoms with Crippen molar-refractivity contribution in [3.63, 3.8) is 0 Å². The van der Waals surface area contributed by atoms with Crippen molar-refractivity contribution in [3.05, 3.63) is 36.5 Å². The highest BCUT2D eigenvalue weighted by molar-refractivity contribution is 7.45. The molecule has 0 aliphatic carbocycles. The van der Waals surface area contributed by atoms with Crippen molar-refractivity contribution >= 4 is 13.7 Å². The van der Waals surface area contributed by atoms with E-state index in [0.29, 0.717) is 17.4 Å². The Morgan fingerprint density at radius 3 is 1.48 bits per heavy atom. The topological polar surface area (TPSA) is 108 Å². The van der Waals surface area contributed by atoms with Gasteiger partial charge in [-0.15, -0.1) is 0 Å². The van der Waals surface area contributed by atoms with Crippen LogP contribution in [0.2, 0.25) is 0 Å². The van der Waals surface area contributed by atoms with E-state index in [-0.39, 0.29) is 12.5 Å². The fraction of sp³-hybridized carbons (Fsp3) is 0.844. The van der Waals surface area contributed by atoms with Crippen LogP contribution in [0.4, 0.5) is 0 Å². The molecule has 0 spiro atoms. The van der Waals surface area contributed by atoms with Crippen molar-refractivity contribution in [2.75, 3.05) is 40.9 Å². The number of allylic oxidation sites excluding steroid dienone is 5. The van der Waals surface area contributed by atoms with Crippen LogP contribution >= 0.6 is 7.82 Å². The molecule has 0 radical (unpaired) electrons. The second-order valence-electron chi connectivity index (χ2n) is 16.4. The normalized spacial score (nSPS) is 14.7. The molecule has 0 aromatic carbocycles. The van der Waals surface area contributed by atoms with Gasteiger partial charge in [-0.1, -0.05) is 185 Å². The van der Waals surface area contributed by atoms with Crippen molar-refractivity contribution in [3.8, 4) is 0 Å². The van der Waals surface area contributed by atoms with E-state index in [1.807, 2.05) is 27.2 Å². The summed E-state index contributed by atoms with van der Waals surface area (Å²) in [7, 11) is 1.24. The highest BCUT2D eigenvalue weighted by Crippen LogP contribution is 2.38. The minimum absolute atomic E-state index is 0.00807. The molecule has 0 saturated carbocycles. The molecule has 1 amide bonds. The summed E-state index contributed by atoms with van der Waals surface area (Å²) in [5.41, 5.74) is 0. The lowest BCUT2D eigenvalue weighted by atomic mass is 10.0. The average molecular weight is 783 g/mol. The Bertz CT molecular complexity index is 980. The number of rotatable bonds is 40. The molecule has 0 aromatic rings. The summed E-state index contributed by atoms with van der Waals surface area (Å²) in [5, 5.41) is 13.7. The van der Waals surface area contributed by atoms with E-state index in [2.05, 4.69) is 43.5 Å². The Kier molecular flexibility index (Phi) is 36.4. The molecule has 2 N–H and O–H groups in total. The number of aliphatic hydroxyl groups is 1. The van der Waals surface area contributed by atoms with Crippen LogP contribution in [0, 0.1) is 0 Å². The molecule has 0 bridgehead atoms. The summed E-state index contributed by atoms with van der Waals surface area (Å²) in [6, 6.07) is -0.904. The number of likely N-dealkylation sites (N-methyl/N-ethyl adjacent to an activating group) is 1. The molecule has 3 unspecified atom stereocenters. The summed E-state index contributed by atoms with van der Waals surface area (Å²) in [6.45, 7) is 4.57. The van der Waals surface area contributed by atoms with Gasteiger partial charge >= 0.3 is 0 Å². The zero-order valence-electron chi connectivity index (χ0n) is 35.9. The quantitative estimate of drug-likeness (QED) is 0.0277. The SMILES string of the molecule is CCCC/C=C/CC/C=C/CC/C=C/C(O)C(COP(=O)([O-])OCC[N+](C)(C)C)NC(=O)CCCCCCCCCCCCCCCCCCCCCC. The van der Waals surface area contributed by atoms with Crippen molar-refractivity contribution in [2.45, 2.75) is 206 Å². The van der Waals surface area contributed by atoms with Crippen LogP contribution in [0.15, 0.2) is 36.5 Å². The van der Waals surface area contributed by atoms with E-state index in [1.54, 1.807) is 6.08 Å². The minimum Gasteiger partial charge on any atom is -0.756 e. The van der Waals surface area contributed by atoms with Crippen molar-refractivity contribution in [1.29, 1.82) is 0 Å². The number of nitrogens with zero attached hydrogens (tertiary/aromatic N) is 1. The largest absolute Gasteiger partial charge is 0.756 e. The van der Waals surface area contributed by atoms with Crippen LogP contribution in [-0.2, 0) is 18.4 Å². The summed E-state index contributed by atoms with van der Waals surface area (Å²) >= 11 is 0. The Morgan fingerprint density at radius 1 is 0.630 bits per heavy atom. The third kappa shape index (κ3) is 39.0.